The first-order valence-corrected chi connectivity index (χ1v) is 5.53. The molecule has 100 valence electrons. The van der Waals surface area contributed by atoms with Crippen LogP contribution in [0, 0.1) is 0 Å². The molecule has 2 N–H and O–H groups in total. The smallest absolute Gasteiger partial charge is 0.399 e. The molecule has 0 radical (unpaired) electrons. The summed E-state index contributed by atoms with van der Waals surface area (Å²) < 4.78 is 39.7. The molecular formula is C14H11F3O2. The van der Waals surface area contributed by atoms with E-state index >= 15 is 0 Å². The Hall–Kier alpha value is -2.17. The zero-order valence-corrected chi connectivity index (χ0v) is 9.72. The fourth-order valence-corrected chi connectivity index (χ4v) is 1.98. The molecule has 0 spiro atoms. The number of hydrogen-bond donors (Lipinski definition) is 2. The van der Waals surface area contributed by atoms with Crippen LogP contribution in [0.3, 0.4) is 0 Å². The summed E-state index contributed by atoms with van der Waals surface area (Å²) in [6.45, 7) is 0. The molecular weight excluding hydrogens is 257 g/mol. The molecule has 0 atom stereocenters. The van der Waals surface area contributed by atoms with Crippen molar-refractivity contribution >= 4 is 0 Å². The van der Waals surface area contributed by atoms with Crippen molar-refractivity contribution in [2.75, 3.05) is 0 Å². The third-order valence-electron chi connectivity index (χ3n) is 2.82. The van der Waals surface area contributed by atoms with Crippen LogP contribution < -0.4 is 0 Å². The predicted molar refractivity (Wildman–Crippen MR) is 64.1 cm³/mol. The molecule has 0 aliphatic rings. The molecule has 0 saturated heterocycles. The standard InChI is InChI=1S/C14H11F3O2/c15-14(16,17)13(9-5-1-3-7-11(9)18)10-6-2-4-8-12(10)19/h1-8,13,18-19H. The van der Waals surface area contributed by atoms with Gasteiger partial charge in [0.25, 0.3) is 0 Å². The molecule has 2 aromatic rings. The average molecular weight is 268 g/mol. The molecule has 0 unspecified atom stereocenters. The zero-order valence-electron chi connectivity index (χ0n) is 9.72. The average Bonchev–Trinajstić information content (AvgIpc) is 2.33. The van der Waals surface area contributed by atoms with Crippen LogP contribution in [0.25, 0.3) is 0 Å². The van der Waals surface area contributed by atoms with E-state index in [1.54, 1.807) is 0 Å². The summed E-state index contributed by atoms with van der Waals surface area (Å²) in [6, 6.07) is 10.5. The summed E-state index contributed by atoms with van der Waals surface area (Å²) in [5.41, 5.74) is -0.562. The lowest BCUT2D eigenvalue weighted by molar-refractivity contribution is -0.141. The van der Waals surface area contributed by atoms with Gasteiger partial charge in [0.15, 0.2) is 0 Å². The molecule has 0 aliphatic heterocycles. The minimum Gasteiger partial charge on any atom is -0.508 e. The van der Waals surface area contributed by atoms with Crippen LogP contribution in [-0.2, 0) is 0 Å². The second-order valence-electron chi connectivity index (χ2n) is 4.09. The van der Waals surface area contributed by atoms with Gasteiger partial charge in [0.05, 0.1) is 0 Å². The summed E-state index contributed by atoms with van der Waals surface area (Å²) in [5, 5.41) is 19.2. The summed E-state index contributed by atoms with van der Waals surface area (Å²) in [5.74, 6) is -2.96. The van der Waals surface area contributed by atoms with E-state index in [4.69, 9.17) is 0 Å². The van der Waals surface area contributed by atoms with Crippen molar-refractivity contribution in [3.05, 3.63) is 59.7 Å². The Morgan fingerprint density at radius 2 is 1.11 bits per heavy atom. The second kappa shape index (κ2) is 4.84. The van der Waals surface area contributed by atoms with Crippen LogP contribution in [0.15, 0.2) is 48.5 Å². The number of para-hydroxylation sites is 2. The Balaban J connectivity index is 2.62. The summed E-state index contributed by atoms with van der Waals surface area (Å²) in [6.07, 6.45) is -4.61. The van der Waals surface area contributed by atoms with E-state index in [0.717, 1.165) is 0 Å². The maximum absolute atomic E-state index is 13.2. The maximum Gasteiger partial charge on any atom is 0.399 e. The zero-order chi connectivity index (χ0) is 14.0. The van der Waals surface area contributed by atoms with E-state index in [1.165, 1.54) is 48.5 Å². The molecule has 2 rings (SSSR count). The molecule has 0 fully saturated rings. The van der Waals surface area contributed by atoms with E-state index in [-0.39, 0.29) is 11.1 Å². The van der Waals surface area contributed by atoms with Crippen LogP contribution in [0.4, 0.5) is 13.2 Å². The topological polar surface area (TPSA) is 40.5 Å². The normalized spacial score (nSPS) is 11.8. The van der Waals surface area contributed by atoms with Crippen molar-refractivity contribution < 1.29 is 23.4 Å². The monoisotopic (exact) mass is 268 g/mol. The quantitative estimate of drug-likeness (QED) is 0.869. The van der Waals surface area contributed by atoms with Crippen LogP contribution in [0.5, 0.6) is 11.5 Å². The SMILES string of the molecule is Oc1ccccc1C(c1ccccc1O)C(F)(F)F. The van der Waals surface area contributed by atoms with Gasteiger partial charge in [-0.2, -0.15) is 13.2 Å². The van der Waals surface area contributed by atoms with Gasteiger partial charge in [0.2, 0.25) is 0 Å². The largest absolute Gasteiger partial charge is 0.508 e. The van der Waals surface area contributed by atoms with E-state index in [1.807, 2.05) is 0 Å². The van der Waals surface area contributed by atoms with Crippen molar-refractivity contribution in [1.29, 1.82) is 0 Å². The second-order valence-corrected chi connectivity index (χ2v) is 4.09. The Labute approximate surface area is 107 Å². The summed E-state index contributed by atoms with van der Waals surface area (Å²) in [4.78, 5) is 0. The van der Waals surface area contributed by atoms with Crippen LogP contribution >= 0.6 is 0 Å². The van der Waals surface area contributed by atoms with Crippen molar-refractivity contribution in [2.24, 2.45) is 0 Å². The number of benzene rings is 2. The number of phenols is 2. The molecule has 0 aromatic heterocycles. The lowest BCUT2D eigenvalue weighted by Gasteiger charge is -2.22. The van der Waals surface area contributed by atoms with Crippen LogP contribution in [0.1, 0.15) is 17.0 Å². The first-order chi connectivity index (χ1) is 8.91. The molecule has 19 heavy (non-hydrogen) atoms. The van der Waals surface area contributed by atoms with Gasteiger partial charge in [-0.05, 0) is 12.1 Å². The fourth-order valence-electron chi connectivity index (χ4n) is 1.98. The van der Waals surface area contributed by atoms with Crippen molar-refractivity contribution in [3.8, 4) is 11.5 Å². The first-order valence-electron chi connectivity index (χ1n) is 5.53. The molecule has 0 saturated carbocycles. The highest BCUT2D eigenvalue weighted by Gasteiger charge is 2.44. The van der Waals surface area contributed by atoms with Crippen LogP contribution in [-0.4, -0.2) is 16.4 Å². The van der Waals surface area contributed by atoms with Gasteiger partial charge in [-0.15, -0.1) is 0 Å². The highest BCUT2D eigenvalue weighted by Crippen LogP contribution is 2.45. The van der Waals surface area contributed by atoms with E-state index in [2.05, 4.69) is 0 Å². The molecule has 0 heterocycles. The summed E-state index contributed by atoms with van der Waals surface area (Å²) >= 11 is 0. The highest BCUT2D eigenvalue weighted by atomic mass is 19.4. The number of halogens is 3. The van der Waals surface area contributed by atoms with Gasteiger partial charge in [0, 0.05) is 11.1 Å². The fraction of sp³-hybridized carbons (Fsp3) is 0.143. The minimum atomic E-state index is -4.61. The van der Waals surface area contributed by atoms with Crippen LogP contribution in [0.2, 0.25) is 0 Å². The lowest BCUT2D eigenvalue weighted by Crippen LogP contribution is -2.22. The van der Waals surface area contributed by atoms with Crippen molar-refractivity contribution in [2.45, 2.75) is 12.1 Å². The van der Waals surface area contributed by atoms with Gasteiger partial charge < -0.3 is 10.2 Å². The van der Waals surface area contributed by atoms with Gasteiger partial charge in [-0.25, -0.2) is 0 Å². The molecule has 0 aliphatic carbocycles. The van der Waals surface area contributed by atoms with Gasteiger partial charge in [-0.3, -0.25) is 0 Å². The first kappa shape index (κ1) is 13.3. The Kier molecular flexibility index (Phi) is 3.38. The lowest BCUT2D eigenvalue weighted by atomic mass is 9.89. The van der Waals surface area contributed by atoms with Gasteiger partial charge in [-0.1, -0.05) is 36.4 Å². The van der Waals surface area contributed by atoms with Gasteiger partial charge >= 0.3 is 6.18 Å². The van der Waals surface area contributed by atoms with E-state index in [0.29, 0.717) is 0 Å². The Bertz CT molecular complexity index is 533. The minimum absolute atomic E-state index is 0.281. The van der Waals surface area contributed by atoms with E-state index < -0.39 is 23.6 Å². The van der Waals surface area contributed by atoms with Crippen molar-refractivity contribution in [3.63, 3.8) is 0 Å². The number of phenolic OH excluding ortho intramolecular Hbond substituents is 2. The predicted octanol–water partition coefficient (Wildman–Crippen LogP) is 3.79. The Morgan fingerprint density at radius 3 is 1.42 bits per heavy atom. The molecule has 0 amide bonds. The third kappa shape index (κ3) is 2.65. The molecule has 5 heteroatoms. The highest BCUT2D eigenvalue weighted by molar-refractivity contribution is 5.47. The number of aromatic hydroxyl groups is 2. The van der Waals surface area contributed by atoms with Gasteiger partial charge in [0.1, 0.15) is 17.4 Å². The third-order valence-corrected chi connectivity index (χ3v) is 2.82. The molecule has 2 nitrogen and oxygen atoms in total. The molecule has 2 aromatic carbocycles. The number of rotatable bonds is 2. The van der Waals surface area contributed by atoms with Crippen molar-refractivity contribution in [1.82, 2.24) is 0 Å². The maximum atomic E-state index is 13.2. The van der Waals surface area contributed by atoms with E-state index in [9.17, 15) is 23.4 Å². The Morgan fingerprint density at radius 1 is 0.737 bits per heavy atom. The number of alkyl halides is 3. The molecule has 0 bridgehead atoms. The number of hydrogen-bond acceptors (Lipinski definition) is 2. The summed E-state index contributed by atoms with van der Waals surface area (Å²) in [7, 11) is 0.